The lowest BCUT2D eigenvalue weighted by atomic mass is 9.97. The third-order valence-electron chi connectivity index (χ3n) is 2.12. The zero-order chi connectivity index (χ0) is 9.90. The van der Waals surface area contributed by atoms with E-state index in [9.17, 15) is 0 Å². The van der Waals surface area contributed by atoms with E-state index in [1.807, 2.05) is 32.9 Å². The summed E-state index contributed by atoms with van der Waals surface area (Å²) in [5, 5.41) is 0. The van der Waals surface area contributed by atoms with Crippen LogP contribution in [0.25, 0.3) is 0 Å². The summed E-state index contributed by atoms with van der Waals surface area (Å²) in [5.41, 5.74) is 5.60. The van der Waals surface area contributed by atoms with Crippen molar-refractivity contribution >= 4 is 0 Å². The van der Waals surface area contributed by atoms with Gasteiger partial charge in [-0.3, -0.25) is 0 Å². The van der Waals surface area contributed by atoms with Crippen molar-refractivity contribution in [2.75, 3.05) is 6.61 Å². The molecule has 0 aliphatic rings. The van der Waals surface area contributed by atoms with Gasteiger partial charge in [0.05, 0.1) is 17.9 Å². The van der Waals surface area contributed by atoms with Gasteiger partial charge in [0.15, 0.2) is 0 Å². The number of hydrogen-bond donors (Lipinski definition) is 1. The van der Waals surface area contributed by atoms with Crippen molar-refractivity contribution in [3.8, 4) is 0 Å². The van der Waals surface area contributed by atoms with Crippen LogP contribution in [0, 0.1) is 0 Å². The van der Waals surface area contributed by atoms with Gasteiger partial charge in [-0.2, -0.15) is 0 Å². The molecule has 3 heteroatoms. The Hall–Kier alpha value is -0.800. The van der Waals surface area contributed by atoms with E-state index < -0.39 is 0 Å². The maximum Gasteiger partial charge on any atom is 0.123 e. The molecular formula is C10H17NO2. The Balaban J connectivity index is 2.71. The SMILES string of the molecule is CCOC(C)(C)C(N)c1ccco1. The van der Waals surface area contributed by atoms with E-state index in [0.717, 1.165) is 5.76 Å². The molecule has 13 heavy (non-hydrogen) atoms. The van der Waals surface area contributed by atoms with E-state index in [-0.39, 0.29) is 11.6 Å². The fourth-order valence-corrected chi connectivity index (χ4v) is 1.27. The summed E-state index contributed by atoms with van der Waals surface area (Å²) in [4.78, 5) is 0. The van der Waals surface area contributed by atoms with Crippen LogP contribution in [0.5, 0.6) is 0 Å². The molecule has 0 fully saturated rings. The summed E-state index contributed by atoms with van der Waals surface area (Å²) in [5.74, 6) is 0.762. The van der Waals surface area contributed by atoms with E-state index in [2.05, 4.69) is 0 Å². The molecular weight excluding hydrogens is 166 g/mol. The van der Waals surface area contributed by atoms with Crippen LogP contribution < -0.4 is 5.73 Å². The van der Waals surface area contributed by atoms with Crippen molar-refractivity contribution in [2.24, 2.45) is 5.73 Å². The number of rotatable bonds is 4. The normalized spacial score (nSPS) is 14.5. The van der Waals surface area contributed by atoms with Crippen LogP contribution in [0.15, 0.2) is 22.8 Å². The molecule has 0 saturated carbocycles. The molecule has 74 valence electrons. The first-order chi connectivity index (χ1) is 6.08. The van der Waals surface area contributed by atoms with E-state index in [1.165, 1.54) is 0 Å². The second-order valence-electron chi connectivity index (χ2n) is 3.53. The number of hydrogen-bond acceptors (Lipinski definition) is 3. The maximum atomic E-state index is 5.98. The van der Waals surface area contributed by atoms with Crippen LogP contribution in [0.2, 0.25) is 0 Å². The molecule has 0 amide bonds. The lowest BCUT2D eigenvalue weighted by Crippen LogP contribution is -2.37. The Labute approximate surface area is 78.9 Å². The predicted octanol–water partition coefficient (Wildman–Crippen LogP) is 2.09. The van der Waals surface area contributed by atoms with Crippen molar-refractivity contribution in [1.29, 1.82) is 0 Å². The standard InChI is InChI=1S/C10H17NO2/c1-4-13-10(2,3)9(11)8-6-5-7-12-8/h5-7,9H,4,11H2,1-3H3. The van der Waals surface area contributed by atoms with E-state index >= 15 is 0 Å². The minimum absolute atomic E-state index is 0.220. The Morgan fingerprint density at radius 3 is 2.77 bits per heavy atom. The molecule has 0 saturated heterocycles. The largest absolute Gasteiger partial charge is 0.468 e. The molecule has 0 aliphatic heterocycles. The first-order valence-corrected chi connectivity index (χ1v) is 4.51. The fourth-order valence-electron chi connectivity index (χ4n) is 1.27. The smallest absolute Gasteiger partial charge is 0.123 e. The number of ether oxygens (including phenoxy) is 1. The summed E-state index contributed by atoms with van der Waals surface area (Å²) < 4.78 is 10.8. The first kappa shape index (κ1) is 10.3. The van der Waals surface area contributed by atoms with Gasteiger partial charge in [0.25, 0.3) is 0 Å². The molecule has 1 unspecified atom stereocenters. The topological polar surface area (TPSA) is 48.4 Å². The second-order valence-corrected chi connectivity index (χ2v) is 3.53. The van der Waals surface area contributed by atoms with Crippen LogP contribution in [0.1, 0.15) is 32.6 Å². The average Bonchev–Trinajstić information content (AvgIpc) is 2.54. The molecule has 0 aliphatic carbocycles. The van der Waals surface area contributed by atoms with Gasteiger partial charge >= 0.3 is 0 Å². The van der Waals surface area contributed by atoms with Crippen molar-refractivity contribution in [3.05, 3.63) is 24.2 Å². The van der Waals surface area contributed by atoms with Gasteiger partial charge in [-0.05, 0) is 32.9 Å². The van der Waals surface area contributed by atoms with Crippen LogP contribution in [-0.4, -0.2) is 12.2 Å². The number of nitrogens with two attached hydrogens (primary N) is 1. The van der Waals surface area contributed by atoms with Crippen LogP contribution in [0.3, 0.4) is 0 Å². The Morgan fingerprint density at radius 1 is 1.62 bits per heavy atom. The summed E-state index contributed by atoms with van der Waals surface area (Å²) in [6.45, 7) is 6.53. The highest BCUT2D eigenvalue weighted by Crippen LogP contribution is 2.26. The summed E-state index contributed by atoms with van der Waals surface area (Å²) in [6, 6.07) is 3.48. The summed E-state index contributed by atoms with van der Waals surface area (Å²) >= 11 is 0. The molecule has 2 N–H and O–H groups in total. The molecule has 3 nitrogen and oxygen atoms in total. The molecule has 0 bridgehead atoms. The van der Waals surface area contributed by atoms with Crippen LogP contribution in [-0.2, 0) is 4.74 Å². The molecule has 0 spiro atoms. The lowest BCUT2D eigenvalue weighted by molar-refractivity contribution is -0.0341. The highest BCUT2D eigenvalue weighted by molar-refractivity contribution is 5.08. The van der Waals surface area contributed by atoms with Gasteiger partial charge in [-0.1, -0.05) is 0 Å². The summed E-state index contributed by atoms with van der Waals surface area (Å²) in [6.07, 6.45) is 1.62. The average molecular weight is 183 g/mol. The van der Waals surface area contributed by atoms with Gasteiger partial charge in [0, 0.05) is 6.61 Å². The summed E-state index contributed by atoms with van der Waals surface area (Å²) in [7, 11) is 0. The molecule has 1 heterocycles. The third kappa shape index (κ3) is 2.32. The molecule has 1 atom stereocenters. The van der Waals surface area contributed by atoms with Gasteiger partial charge in [-0.25, -0.2) is 0 Å². The monoisotopic (exact) mass is 183 g/mol. The van der Waals surface area contributed by atoms with Gasteiger partial charge in [-0.15, -0.1) is 0 Å². The predicted molar refractivity (Wildman–Crippen MR) is 51.3 cm³/mol. The quantitative estimate of drug-likeness (QED) is 0.777. The minimum Gasteiger partial charge on any atom is -0.468 e. The van der Waals surface area contributed by atoms with Crippen LogP contribution in [0.4, 0.5) is 0 Å². The van der Waals surface area contributed by atoms with Crippen molar-refractivity contribution in [2.45, 2.75) is 32.4 Å². The van der Waals surface area contributed by atoms with E-state index in [0.29, 0.717) is 6.61 Å². The Bertz CT molecular complexity index is 241. The van der Waals surface area contributed by atoms with Gasteiger partial charge in [0.2, 0.25) is 0 Å². The van der Waals surface area contributed by atoms with Crippen molar-refractivity contribution in [1.82, 2.24) is 0 Å². The van der Waals surface area contributed by atoms with E-state index in [4.69, 9.17) is 14.9 Å². The molecule has 1 aromatic heterocycles. The lowest BCUT2D eigenvalue weighted by Gasteiger charge is -2.29. The highest BCUT2D eigenvalue weighted by atomic mass is 16.5. The third-order valence-corrected chi connectivity index (χ3v) is 2.12. The van der Waals surface area contributed by atoms with E-state index in [1.54, 1.807) is 6.26 Å². The van der Waals surface area contributed by atoms with Crippen molar-refractivity contribution < 1.29 is 9.15 Å². The Kier molecular flexibility index (Phi) is 3.12. The fraction of sp³-hybridized carbons (Fsp3) is 0.600. The van der Waals surface area contributed by atoms with Gasteiger partial charge < -0.3 is 14.9 Å². The second kappa shape index (κ2) is 3.94. The first-order valence-electron chi connectivity index (χ1n) is 4.51. The zero-order valence-corrected chi connectivity index (χ0v) is 8.41. The molecule has 0 aromatic carbocycles. The highest BCUT2D eigenvalue weighted by Gasteiger charge is 2.29. The zero-order valence-electron chi connectivity index (χ0n) is 8.41. The Morgan fingerprint density at radius 2 is 2.31 bits per heavy atom. The minimum atomic E-state index is -0.382. The molecule has 1 aromatic rings. The molecule has 1 rings (SSSR count). The maximum absolute atomic E-state index is 5.98. The van der Waals surface area contributed by atoms with Crippen LogP contribution >= 0.6 is 0 Å². The van der Waals surface area contributed by atoms with Gasteiger partial charge in [0.1, 0.15) is 5.76 Å². The number of furan rings is 1. The van der Waals surface area contributed by atoms with Crippen molar-refractivity contribution in [3.63, 3.8) is 0 Å². The molecule has 0 radical (unpaired) electrons.